The summed E-state index contributed by atoms with van der Waals surface area (Å²) in [4.78, 5) is 73.5. The summed E-state index contributed by atoms with van der Waals surface area (Å²) >= 11 is 0. The van der Waals surface area contributed by atoms with Crippen molar-refractivity contribution in [3.63, 3.8) is 0 Å². The van der Waals surface area contributed by atoms with Gasteiger partial charge in [-0.15, -0.1) is 0 Å². The first-order valence-corrected chi connectivity index (χ1v) is 14.0. The van der Waals surface area contributed by atoms with Crippen LogP contribution in [0.25, 0.3) is 0 Å². The van der Waals surface area contributed by atoms with Gasteiger partial charge >= 0.3 is 36.1 Å². The van der Waals surface area contributed by atoms with E-state index in [9.17, 15) is 28.8 Å². The molecule has 14 nitrogen and oxygen atoms in total. The number of aliphatic carboxylic acids is 1. The minimum Gasteiger partial charge on any atom is -0.481 e. The van der Waals surface area contributed by atoms with E-state index < -0.39 is 84.6 Å². The molecule has 1 unspecified atom stereocenters. The molecule has 0 radical (unpaired) electrons. The van der Waals surface area contributed by atoms with Crippen molar-refractivity contribution in [1.29, 1.82) is 0 Å². The van der Waals surface area contributed by atoms with Crippen molar-refractivity contribution in [2.75, 3.05) is 6.61 Å². The average molecular weight is 605 g/mol. The van der Waals surface area contributed by atoms with Crippen molar-refractivity contribution in [1.82, 2.24) is 10.6 Å². The van der Waals surface area contributed by atoms with Gasteiger partial charge in [-0.25, -0.2) is 19.2 Å². The predicted octanol–water partition coefficient (Wildman–Crippen LogP) is 3.69. The van der Waals surface area contributed by atoms with Crippen LogP contribution in [0.1, 0.15) is 94.9 Å². The van der Waals surface area contributed by atoms with Crippen molar-refractivity contribution in [2.24, 2.45) is 11.8 Å². The van der Waals surface area contributed by atoms with E-state index in [0.717, 1.165) is 0 Å². The van der Waals surface area contributed by atoms with E-state index in [4.69, 9.17) is 28.8 Å². The van der Waals surface area contributed by atoms with Crippen LogP contribution in [-0.4, -0.2) is 77.4 Å². The van der Waals surface area contributed by atoms with Crippen LogP contribution in [0.2, 0.25) is 0 Å². The first kappa shape index (κ1) is 38.4. The molecule has 0 aliphatic rings. The number of nitrogens with one attached hydrogen (secondary N) is 2. The maximum Gasteiger partial charge on any atom is 0.408 e. The minimum absolute atomic E-state index is 0.331. The monoisotopic (exact) mass is 604 g/mol. The summed E-state index contributed by atoms with van der Waals surface area (Å²) in [6.45, 7) is 16.6. The zero-order valence-electron chi connectivity index (χ0n) is 26.4. The van der Waals surface area contributed by atoms with Crippen molar-refractivity contribution in [2.45, 2.75) is 124 Å². The van der Waals surface area contributed by atoms with Crippen LogP contribution in [-0.2, 0) is 42.9 Å². The molecule has 0 aromatic heterocycles. The van der Waals surface area contributed by atoms with Crippen LogP contribution in [0.4, 0.5) is 9.59 Å². The number of rotatable bonds is 15. The van der Waals surface area contributed by atoms with Gasteiger partial charge in [0.2, 0.25) is 0 Å². The lowest BCUT2D eigenvalue weighted by Gasteiger charge is -2.27. The number of esters is 3. The first-order chi connectivity index (χ1) is 19.2. The summed E-state index contributed by atoms with van der Waals surface area (Å²) < 4.78 is 26.1. The molecule has 0 aromatic rings. The summed E-state index contributed by atoms with van der Waals surface area (Å²) in [6.07, 6.45) is -3.72. The van der Waals surface area contributed by atoms with Gasteiger partial charge < -0.3 is 39.4 Å². The van der Waals surface area contributed by atoms with Gasteiger partial charge in [0.05, 0.1) is 13.0 Å². The highest BCUT2D eigenvalue weighted by molar-refractivity contribution is 5.90. The Bertz CT molecular complexity index is 938. The molecule has 0 aliphatic heterocycles. The molecule has 0 heterocycles. The lowest BCUT2D eigenvalue weighted by atomic mass is 9.99. The summed E-state index contributed by atoms with van der Waals surface area (Å²) in [5.74, 6) is -5.20. The van der Waals surface area contributed by atoms with Gasteiger partial charge in [0.1, 0.15) is 29.7 Å². The van der Waals surface area contributed by atoms with Gasteiger partial charge in [-0.2, -0.15) is 0 Å². The lowest BCUT2D eigenvalue weighted by Crippen LogP contribution is -2.49. The van der Waals surface area contributed by atoms with Crippen LogP contribution < -0.4 is 10.6 Å². The van der Waals surface area contributed by atoms with E-state index in [1.807, 2.05) is 6.92 Å². The molecule has 5 atom stereocenters. The number of hydrogen-bond acceptors (Lipinski definition) is 11. The van der Waals surface area contributed by atoms with E-state index in [1.165, 1.54) is 0 Å². The van der Waals surface area contributed by atoms with Crippen LogP contribution in [0.3, 0.4) is 0 Å². The van der Waals surface area contributed by atoms with Crippen molar-refractivity contribution in [3.8, 4) is 0 Å². The third-order valence-electron chi connectivity index (χ3n) is 5.68. The van der Waals surface area contributed by atoms with Crippen LogP contribution in [0.15, 0.2) is 0 Å². The maximum atomic E-state index is 13.1. The first-order valence-electron chi connectivity index (χ1n) is 14.0. The van der Waals surface area contributed by atoms with Gasteiger partial charge in [-0.05, 0) is 53.4 Å². The standard InChI is InChI=1S/C28H48N2O12/c1-11-16(3)21(29-25(36)41-27(5,6)7)23(34)38-14-13-20(39-19(33)15-18(31)32)40-24(35)22(17(4)12-2)30-26(37)42-28(8,9)10/h16-17,20-22H,11-15H2,1-10H3,(H,29,36)(H,30,37)(H,31,32)/t16-,17-,20?,21-,22-/m0/s1. The third-order valence-corrected chi connectivity index (χ3v) is 5.68. The zero-order chi connectivity index (χ0) is 32.8. The second-order valence-corrected chi connectivity index (χ2v) is 11.9. The maximum absolute atomic E-state index is 13.1. The largest absolute Gasteiger partial charge is 0.481 e. The molecule has 0 saturated carbocycles. The Labute approximate surface area is 247 Å². The molecule has 42 heavy (non-hydrogen) atoms. The van der Waals surface area contributed by atoms with Gasteiger partial charge in [-0.3, -0.25) is 9.59 Å². The Kier molecular flexibility index (Phi) is 15.9. The number of amides is 2. The summed E-state index contributed by atoms with van der Waals surface area (Å²) in [5.41, 5.74) is -1.63. The van der Waals surface area contributed by atoms with Crippen molar-refractivity contribution >= 4 is 36.1 Å². The molecule has 0 aromatic carbocycles. The Morgan fingerprint density at radius 3 is 1.52 bits per heavy atom. The molecule has 2 amide bonds. The quantitative estimate of drug-likeness (QED) is 0.106. The smallest absolute Gasteiger partial charge is 0.408 e. The molecular weight excluding hydrogens is 556 g/mol. The second kappa shape index (κ2) is 17.4. The fourth-order valence-electron chi connectivity index (χ4n) is 3.21. The van der Waals surface area contributed by atoms with Crippen LogP contribution >= 0.6 is 0 Å². The van der Waals surface area contributed by atoms with Gasteiger partial charge in [0.25, 0.3) is 6.29 Å². The van der Waals surface area contributed by atoms with Gasteiger partial charge in [0, 0.05) is 0 Å². The van der Waals surface area contributed by atoms with Crippen molar-refractivity contribution < 1.29 is 57.6 Å². The molecule has 0 aliphatic carbocycles. The fraction of sp³-hybridized carbons (Fsp3) is 0.786. The Morgan fingerprint density at radius 2 is 1.14 bits per heavy atom. The number of alkyl carbamates (subject to hydrolysis) is 2. The van der Waals surface area contributed by atoms with E-state index in [1.54, 1.807) is 62.3 Å². The van der Waals surface area contributed by atoms with E-state index >= 15 is 0 Å². The SMILES string of the molecule is CC[C@H](C)[C@H](NC(=O)OC(C)(C)C)C(=O)OCCC(OC(=O)CC(=O)O)OC(=O)[C@@H](NC(=O)OC(C)(C)C)[C@@H](C)CC. The van der Waals surface area contributed by atoms with Gasteiger partial charge in [0.15, 0.2) is 0 Å². The number of carboxylic acids is 1. The van der Waals surface area contributed by atoms with Crippen LogP contribution in [0.5, 0.6) is 0 Å². The van der Waals surface area contributed by atoms with Crippen LogP contribution in [0, 0.1) is 11.8 Å². The number of carbonyl (C=O) groups is 6. The highest BCUT2D eigenvalue weighted by Gasteiger charge is 2.33. The fourth-order valence-corrected chi connectivity index (χ4v) is 3.21. The average Bonchev–Trinajstić information content (AvgIpc) is 2.81. The molecule has 0 saturated heterocycles. The molecule has 0 fully saturated rings. The normalized spacial score (nSPS) is 15.1. The number of hydrogen-bond donors (Lipinski definition) is 3. The number of ether oxygens (including phenoxy) is 5. The molecule has 242 valence electrons. The molecule has 0 spiro atoms. The van der Waals surface area contributed by atoms with Gasteiger partial charge in [-0.1, -0.05) is 40.5 Å². The van der Waals surface area contributed by atoms with Crippen molar-refractivity contribution in [3.05, 3.63) is 0 Å². The highest BCUT2D eigenvalue weighted by Crippen LogP contribution is 2.16. The number of carboxylic acid groups (broad SMARTS) is 1. The third kappa shape index (κ3) is 16.6. The lowest BCUT2D eigenvalue weighted by molar-refractivity contribution is -0.193. The summed E-state index contributed by atoms with van der Waals surface area (Å²) in [7, 11) is 0. The number of carbonyl (C=O) groups excluding carboxylic acids is 5. The Morgan fingerprint density at radius 1 is 0.714 bits per heavy atom. The molecular formula is C28H48N2O12. The Balaban J connectivity index is 5.64. The van der Waals surface area contributed by atoms with E-state index in [-0.39, 0.29) is 12.3 Å². The summed E-state index contributed by atoms with van der Waals surface area (Å²) in [6, 6.07) is -2.26. The summed E-state index contributed by atoms with van der Waals surface area (Å²) in [5, 5.41) is 13.8. The topological polar surface area (TPSA) is 193 Å². The highest BCUT2D eigenvalue weighted by atomic mass is 16.7. The second-order valence-electron chi connectivity index (χ2n) is 11.9. The molecule has 14 heteroatoms. The zero-order valence-corrected chi connectivity index (χ0v) is 26.4. The van der Waals surface area contributed by atoms with E-state index in [0.29, 0.717) is 12.8 Å². The van der Waals surface area contributed by atoms with E-state index in [2.05, 4.69) is 10.6 Å². The molecule has 3 N–H and O–H groups in total. The Hall–Kier alpha value is -3.58. The predicted molar refractivity (Wildman–Crippen MR) is 149 cm³/mol. The minimum atomic E-state index is -1.65. The molecule has 0 rings (SSSR count). The molecule has 0 bridgehead atoms.